The molecule has 128 valence electrons. The fourth-order valence-corrected chi connectivity index (χ4v) is 2.85. The van der Waals surface area contributed by atoms with E-state index in [-0.39, 0.29) is 11.9 Å². The molecule has 2 aromatic heterocycles. The normalized spacial score (nSPS) is 18.5. The van der Waals surface area contributed by atoms with Crippen molar-refractivity contribution in [2.45, 2.75) is 32.4 Å². The number of nitrogens with one attached hydrogen (secondary N) is 2. The fourth-order valence-electron chi connectivity index (χ4n) is 2.85. The molecule has 1 unspecified atom stereocenters. The Labute approximate surface area is 140 Å². The van der Waals surface area contributed by atoms with Crippen molar-refractivity contribution in [3.8, 4) is 0 Å². The molecule has 3 heterocycles. The van der Waals surface area contributed by atoms with Gasteiger partial charge in [0.1, 0.15) is 0 Å². The number of nitrogens with zero attached hydrogens (tertiary/aromatic N) is 4. The summed E-state index contributed by atoms with van der Waals surface area (Å²) in [5.41, 5.74) is 0.759. The Morgan fingerprint density at radius 3 is 3.00 bits per heavy atom. The van der Waals surface area contributed by atoms with Crippen LogP contribution in [0.3, 0.4) is 0 Å². The second-order valence-corrected chi connectivity index (χ2v) is 5.97. The Morgan fingerprint density at radius 2 is 2.25 bits per heavy atom. The maximum atomic E-state index is 12.0. The van der Waals surface area contributed by atoms with Gasteiger partial charge in [-0.1, -0.05) is 5.16 Å². The van der Waals surface area contributed by atoms with Crippen LogP contribution in [0.5, 0.6) is 0 Å². The van der Waals surface area contributed by atoms with E-state index in [9.17, 15) is 4.79 Å². The van der Waals surface area contributed by atoms with Crippen molar-refractivity contribution < 1.29 is 9.32 Å². The number of likely N-dealkylation sites (tertiary alicyclic amines) is 1. The van der Waals surface area contributed by atoms with E-state index >= 15 is 0 Å². The summed E-state index contributed by atoms with van der Waals surface area (Å²) in [5.74, 6) is 1.25. The highest BCUT2D eigenvalue weighted by Crippen LogP contribution is 2.12. The first kappa shape index (κ1) is 16.5. The summed E-state index contributed by atoms with van der Waals surface area (Å²) in [6.07, 6.45) is 5.45. The van der Waals surface area contributed by atoms with E-state index in [1.165, 1.54) is 0 Å². The number of pyridine rings is 1. The molecule has 3 rings (SSSR count). The number of rotatable bonds is 6. The molecule has 0 saturated carbocycles. The number of hydrogen-bond acceptors (Lipinski definition) is 7. The number of hydrogen-bond donors (Lipinski definition) is 2. The van der Waals surface area contributed by atoms with Gasteiger partial charge in [-0.15, -0.1) is 0 Å². The first-order valence-electron chi connectivity index (χ1n) is 8.14. The van der Waals surface area contributed by atoms with Crippen molar-refractivity contribution in [3.05, 3.63) is 36.2 Å². The average molecular weight is 330 g/mol. The van der Waals surface area contributed by atoms with Crippen LogP contribution in [0.25, 0.3) is 0 Å². The van der Waals surface area contributed by atoms with Crippen LogP contribution < -0.4 is 10.6 Å². The van der Waals surface area contributed by atoms with Crippen molar-refractivity contribution >= 4 is 11.6 Å². The van der Waals surface area contributed by atoms with Crippen LogP contribution >= 0.6 is 0 Å². The molecule has 0 radical (unpaired) electrons. The van der Waals surface area contributed by atoms with Gasteiger partial charge in [0.2, 0.25) is 11.8 Å². The summed E-state index contributed by atoms with van der Waals surface area (Å²) in [6.45, 7) is 4.64. The lowest BCUT2D eigenvalue weighted by Crippen LogP contribution is -2.47. The Balaban J connectivity index is 1.42. The van der Waals surface area contributed by atoms with Crippen LogP contribution in [-0.4, -0.2) is 51.6 Å². The zero-order valence-corrected chi connectivity index (χ0v) is 13.7. The first-order chi connectivity index (χ1) is 11.7. The monoisotopic (exact) mass is 330 g/mol. The molecule has 1 atom stereocenters. The minimum atomic E-state index is -0.0490. The fraction of sp³-hybridized carbons (Fsp3) is 0.500. The molecule has 1 amide bonds. The number of aromatic nitrogens is 3. The van der Waals surface area contributed by atoms with E-state index in [4.69, 9.17) is 4.52 Å². The molecular formula is C16H22N6O2. The van der Waals surface area contributed by atoms with Gasteiger partial charge in [0.25, 0.3) is 0 Å². The molecule has 2 aromatic rings. The van der Waals surface area contributed by atoms with Crippen LogP contribution in [-0.2, 0) is 11.3 Å². The second kappa shape index (κ2) is 7.98. The van der Waals surface area contributed by atoms with E-state index in [2.05, 4.69) is 30.7 Å². The highest BCUT2D eigenvalue weighted by atomic mass is 16.5. The maximum absolute atomic E-state index is 12.0. The number of piperidine rings is 1. The molecule has 1 aliphatic rings. The second-order valence-electron chi connectivity index (χ2n) is 5.97. The Hall–Kier alpha value is -2.32. The lowest BCUT2D eigenvalue weighted by atomic mass is 10.1. The Kier molecular flexibility index (Phi) is 5.50. The predicted octanol–water partition coefficient (Wildman–Crippen LogP) is 0.966. The molecule has 8 heteroatoms. The molecule has 1 aliphatic heterocycles. The minimum Gasteiger partial charge on any atom is -0.340 e. The molecule has 8 nitrogen and oxygen atoms in total. The third kappa shape index (κ3) is 4.84. The van der Waals surface area contributed by atoms with Crippen LogP contribution in [0.1, 0.15) is 24.6 Å². The first-order valence-corrected chi connectivity index (χ1v) is 8.14. The molecule has 1 saturated heterocycles. The van der Waals surface area contributed by atoms with Gasteiger partial charge >= 0.3 is 0 Å². The van der Waals surface area contributed by atoms with Gasteiger partial charge in [-0.25, -0.2) is 0 Å². The highest BCUT2D eigenvalue weighted by molar-refractivity contribution is 5.92. The highest BCUT2D eigenvalue weighted by Gasteiger charge is 2.21. The Morgan fingerprint density at radius 1 is 1.42 bits per heavy atom. The summed E-state index contributed by atoms with van der Waals surface area (Å²) in [7, 11) is 0. The van der Waals surface area contributed by atoms with E-state index in [0.717, 1.165) is 31.6 Å². The van der Waals surface area contributed by atoms with Crippen LogP contribution in [0, 0.1) is 6.92 Å². The molecule has 2 N–H and O–H groups in total. The molecular weight excluding hydrogens is 308 g/mol. The van der Waals surface area contributed by atoms with E-state index < -0.39 is 0 Å². The van der Waals surface area contributed by atoms with Crippen molar-refractivity contribution in [2.75, 3.05) is 25.0 Å². The van der Waals surface area contributed by atoms with E-state index in [1.54, 1.807) is 31.5 Å². The Bertz CT molecular complexity index is 660. The topological polar surface area (TPSA) is 96.2 Å². The van der Waals surface area contributed by atoms with Gasteiger partial charge in [0.05, 0.1) is 13.1 Å². The van der Waals surface area contributed by atoms with Gasteiger partial charge in [-0.05, 0) is 31.5 Å². The summed E-state index contributed by atoms with van der Waals surface area (Å²) >= 11 is 0. The van der Waals surface area contributed by atoms with Crippen LogP contribution in [0.4, 0.5) is 5.69 Å². The molecule has 0 spiro atoms. The maximum Gasteiger partial charge on any atom is 0.238 e. The smallest absolute Gasteiger partial charge is 0.238 e. The van der Waals surface area contributed by atoms with Gasteiger partial charge in [0, 0.05) is 37.6 Å². The minimum absolute atomic E-state index is 0.0490. The van der Waals surface area contributed by atoms with Gasteiger partial charge in [-0.3, -0.25) is 14.7 Å². The largest absolute Gasteiger partial charge is 0.340 e. The average Bonchev–Trinajstić information content (AvgIpc) is 2.99. The zero-order chi connectivity index (χ0) is 16.8. The zero-order valence-electron chi connectivity index (χ0n) is 13.7. The number of anilines is 1. The summed E-state index contributed by atoms with van der Waals surface area (Å²) in [5, 5.41) is 10.1. The number of aryl methyl sites for hydroxylation is 1. The van der Waals surface area contributed by atoms with Crippen molar-refractivity contribution in [2.24, 2.45) is 0 Å². The van der Waals surface area contributed by atoms with Gasteiger partial charge in [-0.2, -0.15) is 4.98 Å². The summed E-state index contributed by atoms with van der Waals surface area (Å²) < 4.78 is 5.01. The van der Waals surface area contributed by atoms with Crippen molar-refractivity contribution in [1.82, 2.24) is 25.3 Å². The van der Waals surface area contributed by atoms with E-state index in [0.29, 0.717) is 24.8 Å². The van der Waals surface area contributed by atoms with Crippen molar-refractivity contribution in [1.29, 1.82) is 0 Å². The summed E-state index contributed by atoms with van der Waals surface area (Å²) in [4.78, 5) is 22.4. The molecule has 0 bridgehead atoms. The number of carbonyl (C=O) groups is 1. The number of carbonyl (C=O) groups excluding carboxylic acids is 1. The molecule has 0 aliphatic carbocycles. The summed E-state index contributed by atoms with van der Waals surface area (Å²) in [6, 6.07) is 3.83. The van der Waals surface area contributed by atoms with Crippen molar-refractivity contribution in [3.63, 3.8) is 0 Å². The lowest BCUT2D eigenvalue weighted by molar-refractivity contribution is -0.115. The van der Waals surface area contributed by atoms with Gasteiger partial charge in [0.15, 0.2) is 5.82 Å². The molecule has 1 fully saturated rings. The van der Waals surface area contributed by atoms with Gasteiger partial charge < -0.3 is 15.2 Å². The van der Waals surface area contributed by atoms with Crippen LogP contribution in [0.2, 0.25) is 0 Å². The third-order valence-electron chi connectivity index (χ3n) is 3.96. The van der Waals surface area contributed by atoms with E-state index in [1.807, 2.05) is 0 Å². The van der Waals surface area contributed by atoms with Crippen LogP contribution in [0.15, 0.2) is 29.0 Å². The standard InChI is InChI=1S/C16H22N6O2/c1-12-19-15(21-24-12)11-22-8-2-3-14(10-22)18-9-16(23)20-13-4-6-17-7-5-13/h4-7,14,18H,2-3,8-11H2,1H3,(H,17,20,23). The number of amides is 1. The molecule has 24 heavy (non-hydrogen) atoms. The quantitative estimate of drug-likeness (QED) is 0.814. The molecule has 0 aromatic carbocycles. The SMILES string of the molecule is Cc1nc(CN2CCCC(NCC(=O)Nc3ccncc3)C2)no1. The lowest BCUT2D eigenvalue weighted by Gasteiger charge is -2.32. The predicted molar refractivity (Wildman–Crippen MR) is 88.2 cm³/mol. The third-order valence-corrected chi connectivity index (χ3v) is 3.96.